The summed E-state index contributed by atoms with van der Waals surface area (Å²) in [5, 5.41) is 0. The number of rotatable bonds is 17. The molecule has 42 heavy (non-hydrogen) atoms. The fraction of sp³-hybridized carbons (Fsp3) is 0.684. The van der Waals surface area contributed by atoms with Crippen LogP contribution in [0.5, 0.6) is 11.5 Å². The van der Waals surface area contributed by atoms with Gasteiger partial charge in [-0.25, -0.2) is 0 Å². The molecule has 2 aromatic rings. The molecule has 1 aliphatic rings. The SMILES string of the molecule is CCCCC(C)(C)C(C)OCC1CCC(COC(C)Oc2ccc(C(C)(C)c3ccc(O[C@@H](C)CC)cc3)cc2)CC1. The number of benzene rings is 2. The first-order valence-electron chi connectivity index (χ1n) is 16.7. The highest BCUT2D eigenvalue weighted by molar-refractivity contribution is 5.41. The lowest BCUT2D eigenvalue weighted by molar-refractivity contribution is -0.0862. The van der Waals surface area contributed by atoms with E-state index in [-0.39, 0.29) is 23.2 Å². The number of hydrogen-bond donors (Lipinski definition) is 0. The summed E-state index contributed by atoms with van der Waals surface area (Å²) in [6.07, 6.45) is 9.92. The largest absolute Gasteiger partial charge is 0.491 e. The Morgan fingerprint density at radius 1 is 0.690 bits per heavy atom. The Labute approximate surface area is 257 Å². The Hall–Kier alpha value is -2.04. The molecule has 1 saturated carbocycles. The molecule has 4 heteroatoms. The molecule has 236 valence electrons. The van der Waals surface area contributed by atoms with Crippen molar-refractivity contribution < 1.29 is 18.9 Å². The second-order valence-corrected chi connectivity index (χ2v) is 14.0. The fourth-order valence-corrected chi connectivity index (χ4v) is 5.79. The van der Waals surface area contributed by atoms with Crippen LogP contribution in [0, 0.1) is 17.3 Å². The van der Waals surface area contributed by atoms with Crippen LogP contribution in [0.15, 0.2) is 48.5 Å². The van der Waals surface area contributed by atoms with E-state index in [2.05, 4.69) is 104 Å². The molecule has 1 fully saturated rings. The van der Waals surface area contributed by atoms with Crippen molar-refractivity contribution in [3.8, 4) is 11.5 Å². The Kier molecular flexibility index (Phi) is 13.2. The van der Waals surface area contributed by atoms with Gasteiger partial charge in [-0.3, -0.25) is 0 Å². The smallest absolute Gasteiger partial charge is 0.196 e. The average molecular weight is 581 g/mol. The van der Waals surface area contributed by atoms with Crippen molar-refractivity contribution in [3.63, 3.8) is 0 Å². The van der Waals surface area contributed by atoms with Gasteiger partial charge in [0, 0.05) is 12.0 Å². The van der Waals surface area contributed by atoms with Crippen molar-refractivity contribution in [2.24, 2.45) is 17.3 Å². The topological polar surface area (TPSA) is 36.9 Å². The first kappa shape index (κ1) is 34.5. The van der Waals surface area contributed by atoms with Gasteiger partial charge in [-0.2, -0.15) is 0 Å². The van der Waals surface area contributed by atoms with Gasteiger partial charge < -0.3 is 18.9 Å². The van der Waals surface area contributed by atoms with Crippen LogP contribution in [0.3, 0.4) is 0 Å². The summed E-state index contributed by atoms with van der Waals surface area (Å²) in [5.41, 5.74) is 2.64. The van der Waals surface area contributed by atoms with Crippen LogP contribution in [-0.4, -0.2) is 31.7 Å². The molecule has 0 saturated heterocycles. The predicted molar refractivity (Wildman–Crippen MR) is 176 cm³/mol. The zero-order chi connectivity index (χ0) is 30.8. The van der Waals surface area contributed by atoms with E-state index in [9.17, 15) is 0 Å². The average Bonchev–Trinajstić information content (AvgIpc) is 2.98. The second kappa shape index (κ2) is 16.1. The lowest BCUT2D eigenvalue weighted by atomic mass is 9.78. The zero-order valence-electron chi connectivity index (χ0n) is 28.2. The van der Waals surface area contributed by atoms with Gasteiger partial charge in [-0.1, -0.05) is 78.6 Å². The summed E-state index contributed by atoms with van der Waals surface area (Å²) in [4.78, 5) is 0. The van der Waals surface area contributed by atoms with Crippen molar-refractivity contribution in [1.29, 1.82) is 0 Å². The minimum atomic E-state index is -0.269. The van der Waals surface area contributed by atoms with E-state index in [4.69, 9.17) is 18.9 Å². The highest BCUT2D eigenvalue weighted by Crippen LogP contribution is 2.35. The van der Waals surface area contributed by atoms with E-state index in [0.29, 0.717) is 17.9 Å². The maximum atomic E-state index is 6.36. The van der Waals surface area contributed by atoms with Crippen LogP contribution in [0.2, 0.25) is 0 Å². The Morgan fingerprint density at radius 3 is 1.64 bits per heavy atom. The van der Waals surface area contributed by atoms with Gasteiger partial charge in [0.1, 0.15) is 11.5 Å². The Morgan fingerprint density at radius 2 is 1.17 bits per heavy atom. The third kappa shape index (κ3) is 10.3. The van der Waals surface area contributed by atoms with Crippen molar-refractivity contribution in [3.05, 3.63) is 59.7 Å². The lowest BCUT2D eigenvalue weighted by Gasteiger charge is -2.34. The summed E-state index contributed by atoms with van der Waals surface area (Å²) in [5.74, 6) is 3.06. The van der Waals surface area contributed by atoms with E-state index < -0.39 is 0 Å². The molecule has 3 rings (SSSR count). The van der Waals surface area contributed by atoms with Gasteiger partial charge in [0.05, 0.1) is 18.8 Å². The van der Waals surface area contributed by atoms with E-state index in [1.165, 1.54) is 56.1 Å². The molecular weight excluding hydrogens is 520 g/mol. The van der Waals surface area contributed by atoms with Crippen molar-refractivity contribution in [2.45, 2.75) is 138 Å². The minimum Gasteiger partial charge on any atom is -0.491 e. The summed E-state index contributed by atoms with van der Waals surface area (Å²) >= 11 is 0. The van der Waals surface area contributed by atoms with Crippen LogP contribution >= 0.6 is 0 Å². The lowest BCUT2D eigenvalue weighted by Crippen LogP contribution is -2.32. The molecule has 0 radical (unpaired) electrons. The quantitative estimate of drug-likeness (QED) is 0.174. The third-order valence-corrected chi connectivity index (χ3v) is 9.76. The van der Waals surface area contributed by atoms with Gasteiger partial charge in [0.15, 0.2) is 6.29 Å². The molecule has 0 bridgehead atoms. The van der Waals surface area contributed by atoms with Crippen LogP contribution < -0.4 is 9.47 Å². The Bertz CT molecular complexity index is 1020. The highest BCUT2D eigenvalue weighted by Gasteiger charge is 2.28. The van der Waals surface area contributed by atoms with E-state index in [0.717, 1.165) is 31.1 Å². The monoisotopic (exact) mass is 580 g/mol. The van der Waals surface area contributed by atoms with Crippen LogP contribution in [0.4, 0.5) is 0 Å². The first-order valence-corrected chi connectivity index (χ1v) is 16.7. The van der Waals surface area contributed by atoms with Gasteiger partial charge in [0.2, 0.25) is 0 Å². The summed E-state index contributed by atoms with van der Waals surface area (Å²) in [6, 6.07) is 17.0. The highest BCUT2D eigenvalue weighted by atomic mass is 16.7. The molecule has 2 unspecified atom stereocenters. The number of hydrogen-bond acceptors (Lipinski definition) is 4. The molecule has 0 amide bonds. The normalized spacial score (nSPS) is 20.1. The minimum absolute atomic E-state index is 0.122. The fourth-order valence-electron chi connectivity index (χ4n) is 5.79. The molecule has 0 heterocycles. The van der Waals surface area contributed by atoms with Gasteiger partial charge in [-0.15, -0.1) is 0 Å². The molecule has 0 spiro atoms. The Balaban J connectivity index is 1.39. The third-order valence-electron chi connectivity index (χ3n) is 9.76. The van der Waals surface area contributed by atoms with Crippen LogP contribution in [0.1, 0.15) is 125 Å². The van der Waals surface area contributed by atoms with Crippen molar-refractivity contribution in [1.82, 2.24) is 0 Å². The molecule has 3 atom stereocenters. The standard InChI is InChI=1S/C38H60O4/c1-10-12-25-37(6,7)29(4)39-26-31-13-15-32(16-14-31)27-40-30(5)42-36-23-19-34(20-24-36)38(8,9)33-17-21-35(22-18-33)41-28(3)11-2/h17-24,28-32H,10-16,25-27H2,1-9H3/t28-,29?,30?,31?,32?/m0/s1. The van der Waals surface area contributed by atoms with Crippen molar-refractivity contribution in [2.75, 3.05) is 13.2 Å². The molecule has 0 aromatic heterocycles. The van der Waals surface area contributed by atoms with Gasteiger partial charge >= 0.3 is 0 Å². The van der Waals surface area contributed by atoms with Crippen LogP contribution in [0.25, 0.3) is 0 Å². The second-order valence-electron chi connectivity index (χ2n) is 14.0. The maximum absolute atomic E-state index is 6.36. The maximum Gasteiger partial charge on any atom is 0.196 e. The molecule has 0 N–H and O–H groups in total. The summed E-state index contributed by atoms with van der Waals surface area (Å²) < 4.78 is 24.6. The zero-order valence-corrected chi connectivity index (χ0v) is 28.2. The van der Waals surface area contributed by atoms with Crippen molar-refractivity contribution >= 4 is 0 Å². The summed E-state index contributed by atoms with van der Waals surface area (Å²) in [7, 11) is 0. The first-order chi connectivity index (χ1) is 19.9. The molecule has 2 aromatic carbocycles. The van der Waals surface area contributed by atoms with E-state index in [1.807, 2.05) is 6.92 Å². The molecular formula is C38H60O4. The van der Waals surface area contributed by atoms with E-state index >= 15 is 0 Å². The van der Waals surface area contributed by atoms with Gasteiger partial charge in [-0.05, 0) is 112 Å². The van der Waals surface area contributed by atoms with Gasteiger partial charge in [0.25, 0.3) is 0 Å². The van der Waals surface area contributed by atoms with Crippen LogP contribution in [-0.2, 0) is 14.9 Å². The molecule has 4 nitrogen and oxygen atoms in total. The summed E-state index contributed by atoms with van der Waals surface area (Å²) in [6.45, 7) is 21.6. The van der Waals surface area contributed by atoms with E-state index in [1.54, 1.807) is 0 Å². The molecule has 0 aliphatic heterocycles. The molecule has 1 aliphatic carbocycles. The number of ether oxygens (including phenoxy) is 4. The number of unbranched alkanes of at least 4 members (excludes halogenated alkanes) is 1. The predicted octanol–water partition coefficient (Wildman–Crippen LogP) is 10.4.